The third kappa shape index (κ3) is 64.0. The van der Waals surface area contributed by atoms with Crippen molar-refractivity contribution in [3.05, 3.63) is 22.8 Å². The maximum absolute atomic E-state index is 10.5. The molecule has 2 heterocycles. The van der Waals surface area contributed by atoms with Crippen molar-refractivity contribution in [1.82, 2.24) is 0 Å². The zero-order valence-electron chi connectivity index (χ0n) is 20.9. The van der Waals surface area contributed by atoms with Crippen LogP contribution in [0.15, 0.2) is 12.2 Å². The molecular weight excluding hydrogens is 583 g/mol. The van der Waals surface area contributed by atoms with Crippen LogP contribution >= 0.6 is 0 Å². The summed E-state index contributed by atoms with van der Waals surface area (Å²) in [5.41, 5.74) is 10.1. The number of carbonyl (C=O) groups excluding carboxylic acids is 2. The quantitative estimate of drug-likeness (QED) is 0.0876. The molecule has 0 aliphatic carbocycles. The molecule has 12 N–H and O–H groups in total. The van der Waals surface area contributed by atoms with Crippen molar-refractivity contribution in [1.29, 1.82) is 0 Å². The third-order valence-electron chi connectivity index (χ3n) is 2.91. The van der Waals surface area contributed by atoms with Crippen LogP contribution < -0.4 is 11.5 Å². The molecule has 36 heavy (non-hydrogen) atoms. The van der Waals surface area contributed by atoms with Crippen LogP contribution in [0.25, 0.3) is 10.6 Å². The van der Waals surface area contributed by atoms with Gasteiger partial charge in [-0.3, -0.25) is 9.59 Å². The van der Waals surface area contributed by atoms with E-state index in [0.717, 1.165) is 25.9 Å². The predicted molar refractivity (Wildman–Crippen MR) is 126 cm³/mol. The molecule has 2 aliphatic heterocycles. The van der Waals surface area contributed by atoms with E-state index in [0.29, 0.717) is 13.1 Å². The van der Waals surface area contributed by atoms with Gasteiger partial charge >= 0.3 is 34.1 Å². The fourth-order valence-corrected chi connectivity index (χ4v) is 1.78. The molecule has 0 aromatic carbocycles. The minimum Gasteiger partial charge on any atom is -0.662 e. The van der Waals surface area contributed by atoms with E-state index in [9.17, 15) is 9.59 Å². The zero-order valence-corrected chi connectivity index (χ0v) is 22.8. The van der Waals surface area contributed by atoms with Gasteiger partial charge in [-0.25, -0.2) is 0 Å². The predicted octanol–water partition coefficient (Wildman–Crippen LogP) is -2.45. The van der Waals surface area contributed by atoms with Gasteiger partial charge in [0, 0.05) is 11.8 Å². The van der Waals surface area contributed by atoms with Crippen LogP contribution in [0.1, 0.15) is 40.5 Å². The fraction of sp³-hybridized carbons (Fsp3) is 0.800. The smallest absolute Gasteiger partial charge is 0.662 e. The Bertz CT molecular complexity index is 462. The summed E-state index contributed by atoms with van der Waals surface area (Å²) in [6, 6.07) is 0. The number of amides is 2. The van der Waals surface area contributed by atoms with Gasteiger partial charge in [0.2, 0.25) is 11.8 Å². The minimum absolute atomic E-state index is 0. The average Bonchev–Trinajstić information content (AvgIpc) is 2.68. The van der Waals surface area contributed by atoms with Crippen molar-refractivity contribution in [2.24, 2.45) is 23.3 Å². The molecule has 2 aliphatic rings. The van der Waals surface area contributed by atoms with E-state index in [1.165, 1.54) is 27.7 Å². The summed E-state index contributed by atoms with van der Waals surface area (Å²) in [5, 5.41) is 69.0. The summed E-state index contributed by atoms with van der Waals surface area (Å²) in [7, 11) is 0. The number of rotatable bonds is 2. The van der Waals surface area contributed by atoms with Gasteiger partial charge in [0.1, 0.15) is 25.2 Å². The Balaban J connectivity index is -0.0000000781. The van der Waals surface area contributed by atoms with Crippen molar-refractivity contribution >= 4 is 11.8 Å². The largest absolute Gasteiger partial charge is 1.00 e. The maximum atomic E-state index is 10.5. The first-order valence-electron chi connectivity index (χ1n) is 10.5. The van der Waals surface area contributed by atoms with Gasteiger partial charge < -0.3 is 63.0 Å². The van der Waals surface area contributed by atoms with E-state index in [-0.39, 0.29) is 57.8 Å². The molecule has 14 nitrogen and oxygen atoms in total. The first-order valence-corrected chi connectivity index (χ1v) is 10.5. The molecule has 1 saturated heterocycles. The molecule has 0 radical (unpaired) electrons. The molecule has 2 atom stereocenters. The standard InChI is InChI=1S/C6H11N2O.C6H9N2O.4C2H6O2.2Cu/c2*7-6(9)5-2-1-3-8-4-5;4*1-2(3)4;;/h5H,1-4H2,(H2,7,9);1-2,5H,3-4H2,(H2,7,9);4*2-4H,1H3;;/q2*-1;;;;;2*+1. The van der Waals surface area contributed by atoms with Crippen LogP contribution in [0, 0.1) is 11.8 Å². The number of hydrogen-bond donors (Lipinski definition) is 10. The number of primary amides is 2. The van der Waals surface area contributed by atoms with Crippen molar-refractivity contribution in [3.8, 4) is 0 Å². The van der Waals surface area contributed by atoms with E-state index in [1.54, 1.807) is 0 Å². The maximum Gasteiger partial charge on any atom is 1.00 e. The van der Waals surface area contributed by atoms with E-state index in [2.05, 4.69) is 10.6 Å². The van der Waals surface area contributed by atoms with E-state index < -0.39 is 25.2 Å². The van der Waals surface area contributed by atoms with Gasteiger partial charge in [-0.15, -0.1) is 32.3 Å². The SMILES string of the molecule is CC(O)O.CC(O)O.CC(O)O.CC(O)O.NC(=O)C1C=CC[N-]C1.NC(=O)C1CCC[N-]C1.[Cu+].[Cu+]. The van der Waals surface area contributed by atoms with Crippen LogP contribution in [0.4, 0.5) is 0 Å². The number of nitrogens with two attached hydrogens (primary N) is 2. The summed E-state index contributed by atoms with van der Waals surface area (Å²) >= 11 is 0. The Kier molecular flexibility index (Phi) is 46.1. The van der Waals surface area contributed by atoms with E-state index in [4.69, 9.17) is 52.3 Å². The average molecular weight is 628 g/mol. The van der Waals surface area contributed by atoms with Crippen LogP contribution in [0.5, 0.6) is 0 Å². The Labute approximate surface area is 234 Å². The summed E-state index contributed by atoms with van der Waals surface area (Å²) in [5.74, 6) is -0.606. The molecule has 0 saturated carbocycles. The number of carbonyl (C=O) groups is 2. The second kappa shape index (κ2) is 34.3. The molecule has 1 fully saturated rings. The number of nitrogens with zero attached hydrogens (tertiary/aromatic N) is 2. The summed E-state index contributed by atoms with van der Waals surface area (Å²) in [4.78, 5) is 21.0. The van der Waals surface area contributed by atoms with Gasteiger partial charge in [0.25, 0.3) is 0 Å². The van der Waals surface area contributed by atoms with Gasteiger partial charge in [-0.05, 0) is 34.1 Å². The fourth-order valence-electron chi connectivity index (χ4n) is 1.78. The van der Waals surface area contributed by atoms with Crippen molar-refractivity contribution in [3.63, 3.8) is 0 Å². The Hall–Kier alpha value is -0.681. The Morgan fingerprint density at radius 2 is 1.14 bits per heavy atom. The van der Waals surface area contributed by atoms with E-state index >= 15 is 0 Å². The summed E-state index contributed by atoms with van der Waals surface area (Å²) in [6.07, 6.45) is 0.959. The third-order valence-corrected chi connectivity index (χ3v) is 2.91. The topological polar surface area (TPSA) is 276 Å². The summed E-state index contributed by atoms with van der Waals surface area (Å²) < 4.78 is 0. The molecule has 2 unspecified atom stereocenters. The summed E-state index contributed by atoms with van der Waals surface area (Å²) in [6.45, 7) is 7.95. The molecule has 226 valence electrons. The number of hydrogen-bond acceptors (Lipinski definition) is 10. The molecule has 2 rings (SSSR count). The molecular formula is C20H44Cu2N4O10. The normalized spacial score (nSPS) is 17.4. The second-order valence-electron chi connectivity index (χ2n) is 6.92. The first-order chi connectivity index (χ1) is 15.5. The Morgan fingerprint density at radius 3 is 1.31 bits per heavy atom. The van der Waals surface area contributed by atoms with Crippen molar-refractivity contribution < 1.29 is 84.6 Å². The van der Waals surface area contributed by atoms with Gasteiger partial charge in [-0.2, -0.15) is 0 Å². The van der Waals surface area contributed by atoms with Crippen molar-refractivity contribution in [2.45, 2.75) is 65.7 Å². The van der Waals surface area contributed by atoms with Crippen molar-refractivity contribution in [2.75, 3.05) is 26.2 Å². The number of aliphatic hydroxyl groups excluding tert-OH is 4. The van der Waals surface area contributed by atoms with Crippen LogP contribution in [-0.4, -0.2) is 104 Å². The van der Waals surface area contributed by atoms with Crippen LogP contribution in [0.3, 0.4) is 0 Å². The monoisotopic (exact) mass is 626 g/mol. The van der Waals surface area contributed by atoms with Crippen LogP contribution in [-0.2, 0) is 43.7 Å². The molecule has 2 amide bonds. The molecule has 0 spiro atoms. The van der Waals surface area contributed by atoms with Gasteiger partial charge in [-0.1, -0.05) is 12.5 Å². The Morgan fingerprint density at radius 1 is 0.750 bits per heavy atom. The molecule has 0 aromatic heterocycles. The second-order valence-corrected chi connectivity index (χ2v) is 6.92. The van der Waals surface area contributed by atoms with Crippen LogP contribution in [0.2, 0.25) is 0 Å². The minimum atomic E-state index is -1.17. The zero-order chi connectivity index (χ0) is 27.7. The van der Waals surface area contributed by atoms with Gasteiger partial charge in [0.15, 0.2) is 0 Å². The number of aliphatic hydroxyl groups is 8. The number of piperidine rings is 1. The van der Waals surface area contributed by atoms with Gasteiger partial charge in [0.05, 0.1) is 0 Å². The first kappa shape index (κ1) is 48.4. The van der Waals surface area contributed by atoms with E-state index in [1.807, 2.05) is 12.2 Å². The molecule has 0 bridgehead atoms. The molecule has 0 aromatic rings. The molecule has 16 heteroatoms.